The third kappa shape index (κ3) is 3.40. The van der Waals surface area contributed by atoms with E-state index in [1.165, 1.54) is 0 Å². The predicted octanol–water partition coefficient (Wildman–Crippen LogP) is 3.35. The van der Waals surface area contributed by atoms with Crippen LogP contribution in [0.4, 0.5) is 5.69 Å². The fourth-order valence-electron chi connectivity index (χ4n) is 0.973. The lowest BCUT2D eigenvalue weighted by atomic mass is 9.92. The molecule has 0 saturated carbocycles. The molecule has 1 rings (SSSR count). The Morgan fingerprint density at radius 3 is 2.59 bits per heavy atom. The zero-order valence-electron chi connectivity index (χ0n) is 9.38. The molecule has 0 spiro atoms. The van der Waals surface area contributed by atoms with Gasteiger partial charge in [-0.1, -0.05) is 23.8 Å². The molecular weight excluding hydrogens is 324 g/mol. The quantitative estimate of drug-likeness (QED) is 0.833. The van der Waals surface area contributed by atoms with Gasteiger partial charge in [0.1, 0.15) is 0 Å². The van der Waals surface area contributed by atoms with Gasteiger partial charge in [0.25, 0.3) is 0 Å². The van der Waals surface area contributed by atoms with Gasteiger partial charge >= 0.3 is 0 Å². The standard InChI is InChI=1S/C11H12BrClN2OS/c1-11(2,9(14)17)10(16)15-6-3-4-7(12)8(13)5-6/h3-5H,1-2H3,(H2,14,17)(H,15,16). The zero-order valence-corrected chi connectivity index (χ0v) is 12.5. The van der Waals surface area contributed by atoms with E-state index in [1.54, 1.807) is 32.0 Å². The van der Waals surface area contributed by atoms with E-state index < -0.39 is 5.41 Å². The molecule has 92 valence electrons. The summed E-state index contributed by atoms with van der Waals surface area (Å²) < 4.78 is 0.769. The van der Waals surface area contributed by atoms with E-state index in [1.807, 2.05) is 0 Å². The second-order valence-corrected chi connectivity index (χ2v) is 5.77. The third-order valence-corrected chi connectivity index (χ3v) is 4.10. The fourth-order valence-corrected chi connectivity index (χ4v) is 1.49. The minimum atomic E-state index is -0.894. The Balaban J connectivity index is 2.89. The molecular formula is C11H12BrClN2OS. The second kappa shape index (κ2) is 5.33. The van der Waals surface area contributed by atoms with Gasteiger partial charge in [-0.3, -0.25) is 4.79 Å². The van der Waals surface area contributed by atoms with Crippen molar-refractivity contribution in [1.29, 1.82) is 0 Å². The largest absolute Gasteiger partial charge is 0.392 e. The van der Waals surface area contributed by atoms with Gasteiger partial charge < -0.3 is 11.1 Å². The van der Waals surface area contributed by atoms with Gasteiger partial charge in [0.2, 0.25) is 5.91 Å². The molecule has 0 heterocycles. The molecule has 1 aromatic rings. The van der Waals surface area contributed by atoms with E-state index in [-0.39, 0.29) is 10.9 Å². The number of amides is 1. The topological polar surface area (TPSA) is 55.1 Å². The van der Waals surface area contributed by atoms with Crippen LogP contribution in [0, 0.1) is 5.41 Å². The molecule has 0 aliphatic heterocycles. The summed E-state index contributed by atoms with van der Waals surface area (Å²) in [5, 5.41) is 3.24. The van der Waals surface area contributed by atoms with Gasteiger partial charge in [0.15, 0.2) is 0 Å². The number of hydrogen-bond acceptors (Lipinski definition) is 2. The highest BCUT2D eigenvalue weighted by Gasteiger charge is 2.30. The first-order valence-electron chi connectivity index (χ1n) is 4.81. The Morgan fingerprint density at radius 2 is 2.12 bits per heavy atom. The first-order valence-corrected chi connectivity index (χ1v) is 6.39. The molecule has 6 heteroatoms. The summed E-state index contributed by atoms with van der Waals surface area (Å²) >= 11 is 14.1. The van der Waals surface area contributed by atoms with E-state index in [2.05, 4.69) is 21.2 Å². The number of benzene rings is 1. The molecule has 3 N–H and O–H groups in total. The van der Waals surface area contributed by atoms with E-state index in [9.17, 15) is 4.79 Å². The van der Waals surface area contributed by atoms with E-state index >= 15 is 0 Å². The highest BCUT2D eigenvalue weighted by atomic mass is 79.9. The third-order valence-electron chi connectivity index (χ3n) is 2.36. The van der Waals surface area contributed by atoms with Crippen molar-refractivity contribution in [2.45, 2.75) is 13.8 Å². The van der Waals surface area contributed by atoms with Crippen molar-refractivity contribution in [3.63, 3.8) is 0 Å². The van der Waals surface area contributed by atoms with Crippen LogP contribution in [0.1, 0.15) is 13.8 Å². The summed E-state index contributed by atoms with van der Waals surface area (Å²) in [6.07, 6.45) is 0. The first kappa shape index (κ1) is 14.4. The average Bonchev–Trinajstić information content (AvgIpc) is 2.23. The molecule has 0 fully saturated rings. The molecule has 1 amide bonds. The summed E-state index contributed by atoms with van der Waals surface area (Å²) in [6, 6.07) is 5.15. The highest BCUT2D eigenvalue weighted by Crippen LogP contribution is 2.26. The highest BCUT2D eigenvalue weighted by molar-refractivity contribution is 9.10. The van der Waals surface area contributed by atoms with Gasteiger partial charge in [-0.25, -0.2) is 0 Å². The minimum absolute atomic E-state index is 0.151. The Bertz CT molecular complexity index is 477. The van der Waals surface area contributed by atoms with Crippen LogP contribution in [-0.2, 0) is 4.79 Å². The fraction of sp³-hybridized carbons (Fsp3) is 0.273. The van der Waals surface area contributed by atoms with Crippen molar-refractivity contribution in [2.75, 3.05) is 5.32 Å². The number of nitrogens with one attached hydrogen (secondary N) is 1. The van der Waals surface area contributed by atoms with Crippen LogP contribution in [-0.4, -0.2) is 10.9 Å². The number of anilines is 1. The average molecular weight is 336 g/mol. The van der Waals surface area contributed by atoms with Gasteiger partial charge in [-0.15, -0.1) is 0 Å². The van der Waals surface area contributed by atoms with Crippen LogP contribution in [0.3, 0.4) is 0 Å². The Morgan fingerprint density at radius 1 is 1.53 bits per heavy atom. The molecule has 0 aliphatic rings. The first-order chi connectivity index (χ1) is 7.75. The number of carbonyl (C=O) groups is 1. The maximum Gasteiger partial charge on any atom is 0.236 e. The minimum Gasteiger partial charge on any atom is -0.392 e. The molecule has 0 atom stereocenters. The summed E-state index contributed by atoms with van der Waals surface area (Å²) in [6.45, 7) is 3.34. The molecule has 0 radical (unpaired) electrons. The monoisotopic (exact) mass is 334 g/mol. The molecule has 0 saturated heterocycles. The smallest absolute Gasteiger partial charge is 0.236 e. The van der Waals surface area contributed by atoms with Crippen LogP contribution in [0.15, 0.2) is 22.7 Å². The van der Waals surface area contributed by atoms with Gasteiger partial charge in [-0.05, 0) is 48.0 Å². The lowest BCUT2D eigenvalue weighted by Gasteiger charge is -2.22. The summed E-state index contributed by atoms with van der Waals surface area (Å²) in [5.74, 6) is -0.261. The van der Waals surface area contributed by atoms with Crippen molar-refractivity contribution >= 4 is 56.3 Å². The van der Waals surface area contributed by atoms with E-state index in [0.717, 1.165) is 4.47 Å². The molecule has 0 unspecified atom stereocenters. The molecule has 17 heavy (non-hydrogen) atoms. The number of rotatable bonds is 3. The van der Waals surface area contributed by atoms with Crippen LogP contribution in [0.2, 0.25) is 5.02 Å². The summed E-state index contributed by atoms with van der Waals surface area (Å²) in [5.41, 5.74) is 5.23. The molecule has 0 aromatic heterocycles. The maximum absolute atomic E-state index is 11.9. The molecule has 0 bridgehead atoms. The second-order valence-electron chi connectivity index (χ2n) is 4.07. The van der Waals surface area contributed by atoms with Gasteiger partial charge in [0.05, 0.1) is 15.4 Å². The van der Waals surface area contributed by atoms with Crippen molar-refractivity contribution in [1.82, 2.24) is 0 Å². The zero-order chi connectivity index (χ0) is 13.2. The summed E-state index contributed by atoms with van der Waals surface area (Å²) in [7, 11) is 0. The Hall–Kier alpha value is -0.650. The van der Waals surface area contributed by atoms with Crippen molar-refractivity contribution in [3.05, 3.63) is 27.7 Å². The summed E-state index contributed by atoms with van der Waals surface area (Å²) in [4.78, 5) is 12.1. The van der Waals surface area contributed by atoms with Crippen LogP contribution < -0.4 is 11.1 Å². The number of nitrogens with two attached hydrogens (primary N) is 1. The van der Waals surface area contributed by atoms with Crippen molar-refractivity contribution < 1.29 is 4.79 Å². The van der Waals surface area contributed by atoms with Crippen molar-refractivity contribution in [3.8, 4) is 0 Å². The van der Waals surface area contributed by atoms with E-state index in [4.69, 9.17) is 29.6 Å². The normalized spacial score (nSPS) is 11.1. The number of thiocarbonyl (C=S) groups is 1. The molecule has 1 aromatic carbocycles. The van der Waals surface area contributed by atoms with Gasteiger partial charge in [0, 0.05) is 10.2 Å². The predicted molar refractivity (Wildman–Crippen MR) is 78.3 cm³/mol. The number of hydrogen-bond donors (Lipinski definition) is 2. The van der Waals surface area contributed by atoms with Crippen LogP contribution in [0.25, 0.3) is 0 Å². The van der Waals surface area contributed by atoms with E-state index in [0.29, 0.717) is 10.7 Å². The SMILES string of the molecule is CC(C)(C(=O)Nc1ccc(Br)c(Cl)c1)C(N)=S. The van der Waals surface area contributed by atoms with Crippen LogP contribution >= 0.6 is 39.7 Å². The van der Waals surface area contributed by atoms with Crippen LogP contribution in [0.5, 0.6) is 0 Å². The lowest BCUT2D eigenvalue weighted by molar-refractivity contribution is -0.121. The number of halogens is 2. The lowest BCUT2D eigenvalue weighted by Crippen LogP contribution is -2.41. The Labute approximate surface area is 119 Å². The molecule has 3 nitrogen and oxygen atoms in total. The van der Waals surface area contributed by atoms with Crippen molar-refractivity contribution in [2.24, 2.45) is 11.1 Å². The maximum atomic E-state index is 11.9. The number of carbonyl (C=O) groups excluding carboxylic acids is 1. The molecule has 0 aliphatic carbocycles. The van der Waals surface area contributed by atoms with Gasteiger partial charge in [-0.2, -0.15) is 0 Å². The Kier molecular flexibility index (Phi) is 4.52.